The molecule has 0 aromatic carbocycles. The van der Waals surface area contributed by atoms with Gasteiger partial charge in [-0.1, -0.05) is 15.9 Å². The van der Waals surface area contributed by atoms with E-state index in [1.165, 1.54) is 4.90 Å². The molecule has 0 aromatic rings. The molecule has 9 heavy (non-hydrogen) atoms. The highest BCUT2D eigenvalue weighted by Gasteiger charge is 2.13. The molecule has 0 saturated heterocycles. The summed E-state index contributed by atoms with van der Waals surface area (Å²) in [5.74, 6) is 0. The molecule has 0 aliphatic heterocycles. The highest BCUT2D eigenvalue weighted by Crippen LogP contribution is 2.02. The molecule has 2 atom stereocenters. The molecule has 0 rings (SSSR count). The summed E-state index contributed by atoms with van der Waals surface area (Å²) in [6.07, 6.45) is -1.21. The van der Waals surface area contributed by atoms with E-state index < -0.39 is 12.5 Å². The van der Waals surface area contributed by atoms with Crippen LogP contribution in [-0.2, 0) is 0 Å². The molecule has 0 bridgehead atoms. The van der Waals surface area contributed by atoms with Crippen molar-refractivity contribution in [2.45, 2.75) is 26.3 Å². The van der Waals surface area contributed by atoms with Gasteiger partial charge in [-0.05, 0) is 13.8 Å². The highest BCUT2D eigenvalue weighted by molar-refractivity contribution is 9.09. The van der Waals surface area contributed by atoms with Crippen molar-refractivity contribution in [2.75, 3.05) is 5.45 Å². The zero-order valence-electron chi connectivity index (χ0n) is 5.58. The first-order valence-corrected chi connectivity index (χ1v) is 3.89. The van der Waals surface area contributed by atoms with Gasteiger partial charge in [0.25, 0.3) is 0 Å². The lowest BCUT2D eigenvalue weighted by atomic mass is 10.5. The molecule has 3 nitrogen and oxygen atoms in total. The molecule has 0 heterocycles. The quantitative estimate of drug-likeness (QED) is 0.390. The lowest BCUT2D eigenvalue weighted by molar-refractivity contribution is -0.0701. The Hall–Kier alpha value is 0.360. The zero-order chi connectivity index (χ0) is 7.44. The van der Waals surface area contributed by atoms with Crippen molar-refractivity contribution in [3.05, 3.63) is 0 Å². The van der Waals surface area contributed by atoms with Crippen LogP contribution < -0.4 is 0 Å². The van der Waals surface area contributed by atoms with Gasteiger partial charge in [0.15, 0.2) is 0 Å². The average molecular weight is 198 g/mol. The SMILES string of the molecule is CC(O)N(CBr)C(C)O. The second-order valence-corrected chi connectivity index (χ2v) is 2.40. The second-order valence-electron chi connectivity index (χ2n) is 1.90. The van der Waals surface area contributed by atoms with E-state index in [4.69, 9.17) is 10.2 Å². The topological polar surface area (TPSA) is 43.7 Å². The molecule has 0 fully saturated rings. The van der Waals surface area contributed by atoms with Crippen molar-refractivity contribution in [3.63, 3.8) is 0 Å². The van der Waals surface area contributed by atoms with Crippen LogP contribution in [0.2, 0.25) is 0 Å². The summed E-state index contributed by atoms with van der Waals surface area (Å²) < 4.78 is 0. The molecule has 0 amide bonds. The summed E-state index contributed by atoms with van der Waals surface area (Å²) in [5.41, 5.74) is 0.475. The molecule has 2 N–H and O–H groups in total. The lowest BCUT2D eigenvalue weighted by Crippen LogP contribution is -2.38. The third kappa shape index (κ3) is 3.15. The van der Waals surface area contributed by atoms with Gasteiger partial charge in [0.05, 0.1) is 5.45 Å². The predicted octanol–water partition coefficient (Wildman–Crippen LogP) is 0.317. The van der Waals surface area contributed by atoms with Crippen LogP contribution in [0.25, 0.3) is 0 Å². The van der Waals surface area contributed by atoms with Crippen LogP contribution in [0.15, 0.2) is 0 Å². The van der Waals surface area contributed by atoms with Crippen molar-refractivity contribution >= 4 is 15.9 Å². The lowest BCUT2D eigenvalue weighted by Gasteiger charge is -2.25. The summed E-state index contributed by atoms with van der Waals surface area (Å²) in [6, 6.07) is 0. The maximum absolute atomic E-state index is 8.92. The van der Waals surface area contributed by atoms with Gasteiger partial charge in [0.1, 0.15) is 12.5 Å². The maximum Gasteiger partial charge on any atom is 0.107 e. The van der Waals surface area contributed by atoms with Crippen molar-refractivity contribution < 1.29 is 10.2 Å². The molecule has 56 valence electrons. The number of hydrogen-bond donors (Lipinski definition) is 2. The minimum absolute atomic E-state index is 0.475. The third-order valence-corrected chi connectivity index (χ3v) is 1.68. The van der Waals surface area contributed by atoms with Gasteiger partial charge < -0.3 is 10.2 Å². The van der Waals surface area contributed by atoms with Crippen LogP contribution in [0.3, 0.4) is 0 Å². The number of aliphatic hydroxyl groups is 2. The van der Waals surface area contributed by atoms with Crippen LogP contribution in [-0.4, -0.2) is 33.0 Å². The standard InChI is InChI=1S/C5H12BrNO2/c1-4(8)7(3-6)5(2)9/h4-5,8-9H,3H2,1-2H3. The first-order chi connectivity index (χ1) is 4.09. The second kappa shape index (κ2) is 4.22. The molecule has 0 aliphatic carbocycles. The van der Waals surface area contributed by atoms with Crippen molar-refractivity contribution in [3.8, 4) is 0 Å². The predicted molar refractivity (Wildman–Crippen MR) is 39.0 cm³/mol. The fourth-order valence-electron chi connectivity index (χ4n) is 0.512. The zero-order valence-corrected chi connectivity index (χ0v) is 7.17. The Morgan fingerprint density at radius 3 is 1.67 bits per heavy atom. The van der Waals surface area contributed by atoms with E-state index in [1.807, 2.05) is 0 Å². The Morgan fingerprint density at radius 2 is 1.67 bits per heavy atom. The molecular weight excluding hydrogens is 186 g/mol. The fourth-order valence-corrected chi connectivity index (χ4v) is 1.35. The van der Waals surface area contributed by atoms with Crippen LogP contribution in [0, 0.1) is 0 Å². The number of alkyl halides is 1. The number of halogens is 1. The number of hydrogen-bond acceptors (Lipinski definition) is 3. The molecule has 0 aromatic heterocycles. The van der Waals surface area contributed by atoms with E-state index in [9.17, 15) is 0 Å². The summed E-state index contributed by atoms with van der Waals surface area (Å²) in [7, 11) is 0. The van der Waals surface area contributed by atoms with E-state index in [0.717, 1.165) is 0 Å². The summed E-state index contributed by atoms with van der Waals surface area (Å²) in [6.45, 7) is 3.21. The largest absolute Gasteiger partial charge is 0.379 e. The third-order valence-electron chi connectivity index (χ3n) is 1.10. The first kappa shape index (κ1) is 9.36. The number of aliphatic hydroxyl groups excluding tert-OH is 2. The van der Waals surface area contributed by atoms with Gasteiger partial charge in [-0.25, -0.2) is 4.90 Å². The minimum Gasteiger partial charge on any atom is -0.379 e. The summed E-state index contributed by atoms with van der Waals surface area (Å²) in [5, 5.41) is 17.8. The Bertz CT molecular complexity index is 69.4. The fraction of sp³-hybridized carbons (Fsp3) is 1.00. The Labute approximate surface area is 63.4 Å². The van der Waals surface area contributed by atoms with E-state index in [1.54, 1.807) is 13.8 Å². The molecule has 0 saturated carbocycles. The molecule has 2 unspecified atom stereocenters. The first-order valence-electron chi connectivity index (χ1n) is 2.77. The van der Waals surface area contributed by atoms with Gasteiger partial charge in [0, 0.05) is 0 Å². The van der Waals surface area contributed by atoms with Crippen molar-refractivity contribution in [1.29, 1.82) is 0 Å². The molecule has 0 aliphatic rings. The number of nitrogens with zero attached hydrogens (tertiary/aromatic N) is 1. The molecule has 0 spiro atoms. The van der Waals surface area contributed by atoms with Gasteiger partial charge in [-0.15, -0.1) is 0 Å². The normalized spacial score (nSPS) is 18.0. The highest BCUT2D eigenvalue weighted by atomic mass is 79.9. The molecule has 4 heteroatoms. The molecule has 0 radical (unpaired) electrons. The van der Waals surface area contributed by atoms with E-state index >= 15 is 0 Å². The van der Waals surface area contributed by atoms with Gasteiger partial charge in [-0.3, -0.25) is 0 Å². The molecular formula is C5H12BrNO2. The van der Waals surface area contributed by atoms with E-state index in [2.05, 4.69) is 15.9 Å². The van der Waals surface area contributed by atoms with Crippen LogP contribution in [0.4, 0.5) is 0 Å². The Morgan fingerprint density at radius 1 is 1.33 bits per heavy atom. The van der Waals surface area contributed by atoms with Crippen LogP contribution >= 0.6 is 15.9 Å². The monoisotopic (exact) mass is 197 g/mol. The van der Waals surface area contributed by atoms with Gasteiger partial charge in [-0.2, -0.15) is 0 Å². The van der Waals surface area contributed by atoms with E-state index in [-0.39, 0.29) is 0 Å². The van der Waals surface area contributed by atoms with Crippen molar-refractivity contribution in [1.82, 2.24) is 4.90 Å². The maximum atomic E-state index is 8.92. The van der Waals surface area contributed by atoms with Gasteiger partial charge >= 0.3 is 0 Å². The summed E-state index contributed by atoms with van der Waals surface area (Å²) in [4.78, 5) is 1.49. The Kier molecular flexibility index (Phi) is 4.39. The summed E-state index contributed by atoms with van der Waals surface area (Å²) >= 11 is 3.12. The van der Waals surface area contributed by atoms with E-state index in [0.29, 0.717) is 5.45 Å². The Balaban J connectivity index is 3.68. The van der Waals surface area contributed by atoms with Crippen molar-refractivity contribution in [2.24, 2.45) is 0 Å². The average Bonchev–Trinajstić information content (AvgIpc) is 1.64. The van der Waals surface area contributed by atoms with Gasteiger partial charge in [0.2, 0.25) is 0 Å². The van der Waals surface area contributed by atoms with Crippen LogP contribution in [0.5, 0.6) is 0 Å². The van der Waals surface area contributed by atoms with Crippen LogP contribution in [0.1, 0.15) is 13.8 Å². The smallest absolute Gasteiger partial charge is 0.107 e. The minimum atomic E-state index is -0.607. The number of rotatable bonds is 3.